The highest BCUT2D eigenvalue weighted by Crippen LogP contribution is 2.27. The lowest BCUT2D eigenvalue weighted by Crippen LogP contribution is -2.36. The number of para-hydroxylation sites is 1. The number of hydrogen-bond donors (Lipinski definition) is 1. The molecule has 6 heteroatoms. The van der Waals surface area contributed by atoms with Gasteiger partial charge in [-0.15, -0.1) is 0 Å². The first kappa shape index (κ1) is 18.7. The first-order chi connectivity index (χ1) is 13.6. The highest BCUT2D eigenvalue weighted by molar-refractivity contribution is 9.10. The van der Waals surface area contributed by atoms with E-state index in [4.69, 9.17) is 4.42 Å². The van der Waals surface area contributed by atoms with E-state index in [9.17, 15) is 9.59 Å². The van der Waals surface area contributed by atoms with E-state index in [1.807, 2.05) is 35.2 Å². The Kier molecular flexibility index (Phi) is 5.48. The summed E-state index contributed by atoms with van der Waals surface area (Å²) in [7, 11) is 0. The molecule has 4 rings (SSSR count). The van der Waals surface area contributed by atoms with Crippen LogP contribution in [0.1, 0.15) is 34.5 Å². The molecule has 0 radical (unpaired) electrons. The molecular weight excluding hydrogens is 420 g/mol. The molecule has 5 nitrogen and oxygen atoms in total. The van der Waals surface area contributed by atoms with Gasteiger partial charge >= 0.3 is 0 Å². The minimum Gasteiger partial charge on any atom is -0.450 e. The van der Waals surface area contributed by atoms with Crippen LogP contribution in [-0.2, 0) is 17.8 Å². The zero-order chi connectivity index (χ0) is 19.5. The van der Waals surface area contributed by atoms with Crippen molar-refractivity contribution in [2.45, 2.75) is 25.8 Å². The first-order valence-electron chi connectivity index (χ1n) is 9.42. The van der Waals surface area contributed by atoms with Crippen LogP contribution in [-0.4, -0.2) is 29.8 Å². The van der Waals surface area contributed by atoms with Gasteiger partial charge in [-0.3, -0.25) is 9.59 Å². The summed E-state index contributed by atoms with van der Waals surface area (Å²) in [5, 5.41) is 3.71. The molecule has 1 aromatic heterocycles. The van der Waals surface area contributed by atoms with Gasteiger partial charge in [0.15, 0.2) is 5.76 Å². The molecule has 1 aliphatic rings. The average Bonchev–Trinajstić information content (AvgIpc) is 3.16. The number of carbonyl (C=O) groups is 2. The number of benzene rings is 2. The van der Waals surface area contributed by atoms with Gasteiger partial charge in [-0.2, -0.15) is 0 Å². The van der Waals surface area contributed by atoms with Crippen molar-refractivity contribution < 1.29 is 14.0 Å². The van der Waals surface area contributed by atoms with Crippen LogP contribution in [0.4, 0.5) is 0 Å². The number of fused-ring (bicyclic) bond motifs is 2. The normalized spacial score (nSPS) is 13.4. The number of furan rings is 1. The Bertz CT molecular complexity index is 1030. The van der Waals surface area contributed by atoms with Crippen LogP contribution in [0.2, 0.25) is 0 Å². The second-order valence-electron chi connectivity index (χ2n) is 6.96. The molecule has 0 fully saturated rings. The van der Waals surface area contributed by atoms with Crippen LogP contribution < -0.4 is 5.32 Å². The maximum Gasteiger partial charge on any atom is 0.287 e. The van der Waals surface area contributed by atoms with Gasteiger partial charge in [0, 0.05) is 31.4 Å². The van der Waals surface area contributed by atoms with Crippen LogP contribution in [0, 0.1) is 0 Å². The quantitative estimate of drug-likeness (QED) is 0.601. The summed E-state index contributed by atoms with van der Waals surface area (Å²) < 4.78 is 6.45. The topological polar surface area (TPSA) is 62.6 Å². The Morgan fingerprint density at radius 3 is 2.75 bits per heavy atom. The Hall–Kier alpha value is -2.60. The van der Waals surface area contributed by atoms with Gasteiger partial charge < -0.3 is 14.6 Å². The Balaban J connectivity index is 1.25. The minimum absolute atomic E-state index is 0.136. The Morgan fingerprint density at radius 1 is 1.11 bits per heavy atom. The fourth-order valence-corrected chi connectivity index (χ4v) is 4.00. The van der Waals surface area contributed by atoms with Crippen molar-refractivity contribution in [3.63, 3.8) is 0 Å². The SMILES string of the molecule is O=C(NCCCC(=O)N1CCc2ccccc2C1)c1cc2cccc(Br)c2o1. The number of carbonyl (C=O) groups excluding carboxylic acids is 2. The van der Waals surface area contributed by atoms with Gasteiger partial charge in [0.25, 0.3) is 5.91 Å². The van der Waals surface area contributed by atoms with Gasteiger partial charge in [-0.05, 0) is 52.0 Å². The Morgan fingerprint density at radius 2 is 1.93 bits per heavy atom. The molecule has 0 atom stereocenters. The maximum atomic E-state index is 12.5. The smallest absolute Gasteiger partial charge is 0.287 e. The summed E-state index contributed by atoms with van der Waals surface area (Å²) in [6.45, 7) is 1.87. The van der Waals surface area contributed by atoms with Crippen molar-refractivity contribution in [1.82, 2.24) is 10.2 Å². The average molecular weight is 441 g/mol. The molecule has 2 amide bonds. The van der Waals surface area contributed by atoms with E-state index in [-0.39, 0.29) is 17.6 Å². The molecule has 0 aliphatic carbocycles. The van der Waals surface area contributed by atoms with Crippen molar-refractivity contribution in [2.75, 3.05) is 13.1 Å². The maximum absolute atomic E-state index is 12.5. The third-order valence-corrected chi connectivity index (χ3v) is 5.68. The molecule has 0 saturated carbocycles. The fraction of sp³-hybridized carbons (Fsp3) is 0.273. The molecule has 1 N–H and O–H groups in total. The zero-order valence-electron chi connectivity index (χ0n) is 15.4. The number of hydrogen-bond acceptors (Lipinski definition) is 3. The number of amides is 2. The summed E-state index contributed by atoms with van der Waals surface area (Å²) in [5.74, 6) is 0.153. The lowest BCUT2D eigenvalue weighted by Gasteiger charge is -2.29. The summed E-state index contributed by atoms with van der Waals surface area (Å²) in [6, 6.07) is 15.7. The third-order valence-electron chi connectivity index (χ3n) is 5.06. The largest absolute Gasteiger partial charge is 0.450 e. The van der Waals surface area contributed by atoms with Crippen LogP contribution in [0.25, 0.3) is 11.0 Å². The molecule has 1 aliphatic heterocycles. The lowest BCUT2D eigenvalue weighted by molar-refractivity contribution is -0.132. The van der Waals surface area contributed by atoms with E-state index in [1.165, 1.54) is 11.1 Å². The van der Waals surface area contributed by atoms with Crippen molar-refractivity contribution in [2.24, 2.45) is 0 Å². The molecule has 0 unspecified atom stereocenters. The van der Waals surface area contributed by atoms with Crippen molar-refractivity contribution in [3.8, 4) is 0 Å². The molecule has 0 saturated heterocycles. The van der Waals surface area contributed by atoms with Gasteiger partial charge in [-0.1, -0.05) is 36.4 Å². The fourth-order valence-electron chi connectivity index (χ4n) is 3.53. The first-order valence-corrected chi connectivity index (χ1v) is 10.2. The molecule has 3 aromatic rings. The molecular formula is C22H21BrN2O3. The molecule has 144 valence electrons. The van der Waals surface area contributed by atoms with Crippen molar-refractivity contribution >= 4 is 38.7 Å². The number of nitrogens with zero attached hydrogens (tertiary/aromatic N) is 1. The summed E-state index contributed by atoms with van der Waals surface area (Å²) in [4.78, 5) is 26.7. The predicted octanol–water partition coefficient (Wildman–Crippen LogP) is 4.29. The third kappa shape index (κ3) is 3.97. The molecule has 0 spiro atoms. The van der Waals surface area contributed by atoms with Crippen LogP contribution in [0.5, 0.6) is 0 Å². The predicted molar refractivity (Wildman–Crippen MR) is 111 cm³/mol. The van der Waals surface area contributed by atoms with E-state index < -0.39 is 0 Å². The van der Waals surface area contributed by atoms with Gasteiger partial charge in [-0.25, -0.2) is 0 Å². The standard InChI is InChI=1S/C22H21BrN2O3/c23-18-8-3-7-16-13-19(28-21(16)18)22(27)24-11-4-9-20(26)25-12-10-15-5-1-2-6-17(15)14-25/h1-3,5-8,13H,4,9-12,14H2,(H,24,27). The van der Waals surface area contributed by atoms with Crippen molar-refractivity contribution in [3.05, 3.63) is 69.9 Å². The van der Waals surface area contributed by atoms with Crippen LogP contribution in [0.15, 0.2) is 57.4 Å². The number of rotatable bonds is 5. The molecule has 0 bridgehead atoms. The zero-order valence-corrected chi connectivity index (χ0v) is 17.0. The van der Waals surface area contributed by atoms with Gasteiger partial charge in [0.2, 0.25) is 5.91 Å². The second kappa shape index (κ2) is 8.19. The highest BCUT2D eigenvalue weighted by Gasteiger charge is 2.20. The summed E-state index contributed by atoms with van der Waals surface area (Å²) >= 11 is 3.42. The van der Waals surface area contributed by atoms with Gasteiger partial charge in [0.05, 0.1) is 4.47 Å². The van der Waals surface area contributed by atoms with E-state index >= 15 is 0 Å². The lowest BCUT2D eigenvalue weighted by atomic mass is 9.99. The summed E-state index contributed by atoms with van der Waals surface area (Å²) in [6.07, 6.45) is 1.93. The van der Waals surface area contributed by atoms with Crippen molar-refractivity contribution in [1.29, 1.82) is 0 Å². The highest BCUT2D eigenvalue weighted by atomic mass is 79.9. The summed E-state index contributed by atoms with van der Waals surface area (Å²) in [5.41, 5.74) is 3.22. The monoisotopic (exact) mass is 440 g/mol. The number of nitrogens with one attached hydrogen (secondary N) is 1. The van der Waals surface area contributed by atoms with Crippen LogP contribution in [0.3, 0.4) is 0 Å². The van der Waals surface area contributed by atoms with Crippen LogP contribution >= 0.6 is 15.9 Å². The molecule has 2 heterocycles. The van der Waals surface area contributed by atoms with Gasteiger partial charge in [0.1, 0.15) is 5.58 Å². The second-order valence-corrected chi connectivity index (χ2v) is 7.82. The molecule has 2 aromatic carbocycles. The number of halogens is 1. The Labute approximate surface area is 171 Å². The van der Waals surface area contributed by atoms with E-state index in [0.717, 1.165) is 22.8 Å². The minimum atomic E-state index is -0.262. The van der Waals surface area contributed by atoms with E-state index in [2.05, 4.69) is 33.4 Å². The van der Waals surface area contributed by atoms with E-state index in [1.54, 1.807) is 6.07 Å². The molecule has 28 heavy (non-hydrogen) atoms. The van der Waals surface area contributed by atoms with E-state index in [0.29, 0.717) is 31.5 Å².